The molecule has 0 aliphatic carbocycles. The Kier molecular flexibility index (Phi) is 6.25. The number of ether oxygens (including phenoxy) is 2. The summed E-state index contributed by atoms with van der Waals surface area (Å²) in [5, 5.41) is 5.05. The predicted molar refractivity (Wildman–Crippen MR) is 126 cm³/mol. The highest BCUT2D eigenvalue weighted by Crippen LogP contribution is 2.27. The van der Waals surface area contributed by atoms with Gasteiger partial charge in [-0.15, -0.1) is 16.4 Å². The van der Waals surface area contributed by atoms with Crippen molar-refractivity contribution in [2.75, 3.05) is 32.6 Å². The number of carbonyl (C=O) groups is 1. The average Bonchev–Trinajstić information content (AvgIpc) is 3.50. The number of thiophene rings is 1. The van der Waals surface area contributed by atoms with Crippen molar-refractivity contribution in [3.05, 3.63) is 53.2 Å². The van der Waals surface area contributed by atoms with E-state index in [9.17, 15) is 4.79 Å². The summed E-state index contributed by atoms with van der Waals surface area (Å²) >= 11 is 2.90. The Morgan fingerprint density at radius 2 is 2.21 bits per heavy atom. The van der Waals surface area contributed by atoms with E-state index in [4.69, 9.17) is 9.47 Å². The summed E-state index contributed by atoms with van der Waals surface area (Å²) in [5.74, 6) is 1.05. The summed E-state index contributed by atoms with van der Waals surface area (Å²) in [5.41, 5.74) is 1.66. The van der Waals surface area contributed by atoms with E-state index in [1.165, 1.54) is 23.1 Å². The molecule has 33 heavy (non-hydrogen) atoms. The largest absolute Gasteiger partial charge is 0.475 e. The van der Waals surface area contributed by atoms with Gasteiger partial charge in [-0.05, 0) is 37.4 Å². The number of fused-ring (bicyclic) bond motifs is 1. The molecular weight excluding hydrogens is 460 g/mol. The van der Waals surface area contributed by atoms with Crippen molar-refractivity contribution in [2.45, 2.75) is 18.2 Å². The summed E-state index contributed by atoms with van der Waals surface area (Å²) < 4.78 is 13.5. The number of thioether (sulfide) groups is 1. The van der Waals surface area contributed by atoms with Crippen LogP contribution in [0, 0.1) is 6.92 Å². The molecule has 5 heterocycles. The molecule has 4 aromatic heterocycles. The van der Waals surface area contributed by atoms with Gasteiger partial charge in [0.1, 0.15) is 12.7 Å². The molecule has 1 unspecified atom stereocenters. The summed E-state index contributed by atoms with van der Waals surface area (Å²) in [6, 6.07) is 11.4. The normalized spacial score (nSPS) is 16.3. The van der Waals surface area contributed by atoms with E-state index in [1.807, 2.05) is 54.5 Å². The lowest BCUT2D eigenvalue weighted by Gasteiger charge is -2.32. The van der Waals surface area contributed by atoms with Crippen LogP contribution in [0.5, 0.6) is 5.88 Å². The minimum atomic E-state index is -0.245. The molecule has 0 spiro atoms. The van der Waals surface area contributed by atoms with E-state index in [2.05, 4.69) is 20.1 Å². The third-order valence-corrected chi connectivity index (χ3v) is 6.78. The highest BCUT2D eigenvalue weighted by molar-refractivity contribution is 7.98. The van der Waals surface area contributed by atoms with Gasteiger partial charge in [0.15, 0.2) is 0 Å². The third kappa shape index (κ3) is 4.70. The smallest absolute Gasteiger partial charge is 0.264 e. The summed E-state index contributed by atoms with van der Waals surface area (Å²) in [6.07, 6.45) is 3.42. The SMILES string of the molecule is CSc1nc2nc(C)cc(OCC3CN(C(=O)c4ccc(-c5ccccn5)s4)CCO3)n2n1. The van der Waals surface area contributed by atoms with Crippen LogP contribution >= 0.6 is 23.1 Å². The average molecular weight is 483 g/mol. The van der Waals surface area contributed by atoms with Crippen LogP contribution in [0.2, 0.25) is 0 Å². The number of pyridine rings is 1. The maximum Gasteiger partial charge on any atom is 0.264 e. The molecule has 5 rings (SSSR count). The molecule has 1 saturated heterocycles. The minimum Gasteiger partial charge on any atom is -0.475 e. The monoisotopic (exact) mass is 482 g/mol. The van der Waals surface area contributed by atoms with Gasteiger partial charge in [0.25, 0.3) is 11.7 Å². The van der Waals surface area contributed by atoms with E-state index in [0.29, 0.717) is 48.0 Å². The molecule has 1 atom stereocenters. The maximum absolute atomic E-state index is 13.1. The van der Waals surface area contributed by atoms with Crippen molar-refractivity contribution in [2.24, 2.45) is 0 Å². The molecule has 170 valence electrons. The van der Waals surface area contributed by atoms with E-state index < -0.39 is 0 Å². The van der Waals surface area contributed by atoms with Gasteiger partial charge in [0, 0.05) is 24.5 Å². The molecule has 0 N–H and O–H groups in total. The molecule has 1 aliphatic heterocycles. The van der Waals surface area contributed by atoms with E-state index in [1.54, 1.807) is 10.7 Å². The Hall–Kier alpha value is -3.02. The van der Waals surface area contributed by atoms with Crippen molar-refractivity contribution in [1.82, 2.24) is 29.5 Å². The van der Waals surface area contributed by atoms with Crippen LogP contribution in [0.4, 0.5) is 0 Å². The van der Waals surface area contributed by atoms with Crippen molar-refractivity contribution < 1.29 is 14.3 Å². The molecule has 11 heteroatoms. The molecule has 0 aromatic carbocycles. The van der Waals surface area contributed by atoms with Gasteiger partial charge in [-0.1, -0.05) is 17.8 Å². The number of amides is 1. The first-order valence-corrected chi connectivity index (χ1v) is 12.5. The van der Waals surface area contributed by atoms with Gasteiger partial charge < -0.3 is 14.4 Å². The zero-order chi connectivity index (χ0) is 22.8. The number of carbonyl (C=O) groups excluding carboxylic acids is 1. The Balaban J connectivity index is 1.25. The van der Waals surface area contributed by atoms with Crippen molar-refractivity contribution in [3.63, 3.8) is 0 Å². The Bertz CT molecular complexity index is 1280. The quantitative estimate of drug-likeness (QED) is 0.387. The molecule has 0 bridgehead atoms. The zero-order valence-corrected chi connectivity index (χ0v) is 19.8. The fraction of sp³-hybridized carbons (Fsp3) is 0.318. The van der Waals surface area contributed by atoms with Crippen LogP contribution in [0.3, 0.4) is 0 Å². The predicted octanol–water partition coefficient (Wildman–Crippen LogP) is 3.20. The Labute approximate surface area is 198 Å². The fourth-order valence-corrected chi connectivity index (χ4v) is 4.85. The Morgan fingerprint density at radius 3 is 3.03 bits per heavy atom. The molecule has 9 nitrogen and oxygen atoms in total. The van der Waals surface area contributed by atoms with Crippen molar-refractivity contribution >= 4 is 34.8 Å². The number of aryl methyl sites for hydroxylation is 1. The van der Waals surface area contributed by atoms with Gasteiger partial charge in [-0.3, -0.25) is 9.78 Å². The van der Waals surface area contributed by atoms with Crippen molar-refractivity contribution in [3.8, 4) is 16.5 Å². The first-order valence-electron chi connectivity index (χ1n) is 10.4. The van der Waals surface area contributed by atoms with Crippen LogP contribution in [0.25, 0.3) is 16.3 Å². The number of hydrogen-bond donors (Lipinski definition) is 0. The lowest BCUT2D eigenvalue weighted by Crippen LogP contribution is -2.47. The van der Waals surface area contributed by atoms with Crippen LogP contribution in [0.1, 0.15) is 15.4 Å². The van der Waals surface area contributed by atoms with Crippen LogP contribution in [0.15, 0.2) is 47.8 Å². The van der Waals surface area contributed by atoms with Crippen molar-refractivity contribution in [1.29, 1.82) is 0 Å². The molecule has 0 radical (unpaired) electrons. The molecule has 1 aliphatic rings. The molecular formula is C22H22N6O3S2. The third-order valence-electron chi connectivity index (χ3n) is 5.15. The number of aromatic nitrogens is 5. The topological polar surface area (TPSA) is 94.7 Å². The standard InChI is InChI=1S/C22H22N6O3S2/c1-14-11-19(28-21(24-14)25-22(26-28)32-2)31-13-15-12-27(9-10-30-15)20(29)18-7-6-17(33-18)16-5-3-4-8-23-16/h3-8,11,15H,9-10,12-13H2,1-2H3. The number of rotatable bonds is 6. The van der Waals surface area contributed by atoms with Crippen LogP contribution < -0.4 is 4.74 Å². The van der Waals surface area contributed by atoms with Crippen LogP contribution in [-0.2, 0) is 4.74 Å². The number of morpholine rings is 1. The Morgan fingerprint density at radius 1 is 1.30 bits per heavy atom. The van der Waals surface area contributed by atoms with E-state index >= 15 is 0 Å². The second-order valence-electron chi connectivity index (χ2n) is 7.48. The second-order valence-corrected chi connectivity index (χ2v) is 9.34. The summed E-state index contributed by atoms with van der Waals surface area (Å²) in [7, 11) is 0. The number of nitrogens with zero attached hydrogens (tertiary/aromatic N) is 6. The van der Waals surface area contributed by atoms with Gasteiger partial charge >= 0.3 is 0 Å². The first-order chi connectivity index (χ1) is 16.1. The zero-order valence-electron chi connectivity index (χ0n) is 18.2. The van der Waals surface area contributed by atoms with E-state index in [-0.39, 0.29) is 12.0 Å². The van der Waals surface area contributed by atoms with E-state index in [0.717, 1.165) is 16.3 Å². The lowest BCUT2D eigenvalue weighted by molar-refractivity contribution is -0.0409. The molecule has 4 aromatic rings. The van der Waals surface area contributed by atoms with Gasteiger partial charge in [0.05, 0.1) is 28.6 Å². The summed E-state index contributed by atoms with van der Waals surface area (Å²) in [6.45, 7) is 3.64. The highest BCUT2D eigenvalue weighted by atomic mass is 32.2. The second kappa shape index (κ2) is 9.46. The van der Waals surface area contributed by atoms with Gasteiger partial charge in [-0.2, -0.15) is 9.50 Å². The fourth-order valence-electron chi connectivity index (χ4n) is 3.56. The van der Waals surface area contributed by atoms with Crippen LogP contribution in [-0.4, -0.2) is 74.0 Å². The first kappa shape index (κ1) is 21.8. The molecule has 0 saturated carbocycles. The summed E-state index contributed by atoms with van der Waals surface area (Å²) in [4.78, 5) is 29.7. The lowest BCUT2D eigenvalue weighted by atomic mass is 10.2. The molecule has 1 amide bonds. The number of hydrogen-bond acceptors (Lipinski definition) is 9. The highest BCUT2D eigenvalue weighted by Gasteiger charge is 2.27. The van der Waals surface area contributed by atoms with Gasteiger partial charge in [0.2, 0.25) is 11.0 Å². The maximum atomic E-state index is 13.1. The molecule has 1 fully saturated rings. The minimum absolute atomic E-state index is 0.00137. The van der Waals surface area contributed by atoms with Gasteiger partial charge in [-0.25, -0.2) is 4.98 Å².